The highest BCUT2D eigenvalue weighted by Gasteiger charge is 2.27. The zero-order valence-corrected chi connectivity index (χ0v) is 59.5. The topological polar surface area (TPSA) is 108 Å². The van der Waals surface area contributed by atoms with Crippen LogP contribution in [-0.4, -0.2) is 74.9 Å². The quantitative estimate of drug-likeness (QED) is 0.0211. The van der Waals surface area contributed by atoms with Crippen LogP contribution in [0.1, 0.15) is 296 Å². The maximum atomic E-state index is 12.9. The Morgan fingerprint density at radius 2 is 0.600 bits per heavy atom. The fourth-order valence-electron chi connectivity index (χ4n) is 9.85. The summed E-state index contributed by atoms with van der Waals surface area (Å²) >= 11 is 0. The van der Waals surface area contributed by atoms with Crippen molar-refractivity contribution in [1.82, 2.24) is 0 Å². The first-order valence-electron chi connectivity index (χ1n) is 36.6. The Kier molecular flexibility index (Phi) is 66.1. The van der Waals surface area contributed by atoms with E-state index in [2.05, 4.69) is 160 Å². The Bertz CT molecular complexity index is 2030. The van der Waals surface area contributed by atoms with Gasteiger partial charge in [0.2, 0.25) is 0 Å². The number of phosphoric acid groups is 1. The number of rotatable bonds is 66. The van der Waals surface area contributed by atoms with Gasteiger partial charge in [-0.3, -0.25) is 18.6 Å². The normalized spacial score (nSPS) is 14.0. The second kappa shape index (κ2) is 69.2. The average Bonchev–Trinajstić information content (AvgIpc) is 3.58. The van der Waals surface area contributed by atoms with Crippen LogP contribution in [0.4, 0.5) is 0 Å². The number of quaternary nitrogens is 1. The zero-order valence-electron chi connectivity index (χ0n) is 58.6. The molecular formula is C80H137NO8P+. The van der Waals surface area contributed by atoms with Crippen molar-refractivity contribution >= 4 is 19.8 Å². The minimum Gasteiger partial charge on any atom is -0.462 e. The van der Waals surface area contributed by atoms with Gasteiger partial charge >= 0.3 is 19.8 Å². The number of carbonyl (C=O) groups excluding carboxylic acids is 2. The summed E-state index contributed by atoms with van der Waals surface area (Å²) in [5.74, 6) is -0.801. The lowest BCUT2D eigenvalue weighted by Gasteiger charge is -2.24. The van der Waals surface area contributed by atoms with E-state index in [1.54, 1.807) is 0 Å². The van der Waals surface area contributed by atoms with Gasteiger partial charge in [0, 0.05) is 12.8 Å². The van der Waals surface area contributed by atoms with Crippen molar-refractivity contribution in [3.05, 3.63) is 146 Å². The van der Waals surface area contributed by atoms with E-state index in [9.17, 15) is 19.0 Å². The highest BCUT2D eigenvalue weighted by Crippen LogP contribution is 2.43. The first-order chi connectivity index (χ1) is 44.0. The van der Waals surface area contributed by atoms with Crippen LogP contribution in [0, 0.1) is 0 Å². The summed E-state index contributed by atoms with van der Waals surface area (Å²) in [5, 5.41) is 0. The second-order valence-corrected chi connectivity index (χ2v) is 26.7. The van der Waals surface area contributed by atoms with E-state index in [0.29, 0.717) is 17.4 Å². The molecule has 2 atom stereocenters. The maximum absolute atomic E-state index is 12.9. The van der Waals surface area contributed by atoms with E-state index in [1.165, 1.54) is 135 Å². The lowest BCUT2D eigenvalue weighted by molar-refractivity contribution is -0.870. The van der Waals surface area contributed by atoms with Crippen molar-refractivity contribution in [2.45, 2.75) is 302 Å². The zero-order chi connectivity index (χ0) is 65.5. The second-order valence-electron chi connectivity index (χ2n) is 25.2. The molecule has 10 heteroatoms. The molecule has 514 valence electrons. The smallest absolute Gasteiger partial charge is 0.462 e. The fourth-order valence-corrected chi connectivity index (χ4v) is 10.6. The first-order valence-corrected chi connectivity index (χ1v) is 38.1. The molecule has 0 saturated heterocycles. The number of allylic oxidation sites excluding steroid dienone is 24. The Morgan fingerprint density at radius 1 is 0.344 bits per heavy atom. The van der Waals surface area contributed by atoms with E-state index in [1.807, 2.05) is 21.1 Å². The SMILES string of the molecule is CC/C=C\C/C=C\C/C=C\C/C=C\C/C=C\C/C=C\CCCCCCCCCCCCCCCCCCCCC(=O)OC(COC(=O)CCCCCCCCCCCC/C=C\C/C=C\C/C=C\C/C=C\C/C=C\C/C=C\CC)COP(=O)(O)OCC[N+](C)(C)C. The predicted molar refractivity (Wildman–Crippen MR) is 390 cm³/mol. The molecule has 0 radical (unpaired) electrons. The number of hydrogen-bond acceptors (Lipinski definition) is 7. The van der Waals surface area contributed by atoms with Crippen LogP contribution in [0.2, 0.25) is 0 Å². The summed E-state index contributed by atoms with van der Waals surface area (Å²) in [6.45, 7) is 4.21. The van der Waals surface area contributed by atoms with E-state index >= 15 is 0 Å². The summed E-state index contributed by atoms with van der Waals surface area (Å²) in [6, 6.07) is 0. The Labute approximate surface area is 554 Å². The number of carbonyl (C=O) groups is 2. The molecule has 0 aliphatic heterocycles. The number of esters is 2. The standard InChI is InChI=1S/C80H136NO8P/c1-6-8-10-12-14-16-18-20-22-24-26-28-30-32-34-36-37-38-39-40-41-42-43-45-47-49-51-53-55-57-59-61-63-65-67-69-71-73-80(83)89-78(77-88-90(84,85)87-75-74-81(3,4)5)76-86-79(82)72-70-68-66-64-62-60-58-56-54-52-50-48-46-44-35-33-31-29-27-25-23-21-19-17-15-13-11-9-7-2/h8-11,14-17,20-23,26-29,32-35,37-38,46,48,78H,6-7,12-13,18-19,24-25,30-31,36,39-45,47,49-77H2,1-5H3/p+1/b10-8-,11-9-,16-14-,17-15-,22-20-,23-21-,28-26-,29-27-,34-32-,35-33-,38-37-,48-46-. The summed E-state index contributed by atoms with van der Waals surface area (Å²) in [5.41, 5.74) is 0. The van der Waals surface area contributed by atoms with Crippen molar-refractivity contribution in [1.29, 1.82) is 0 Å². The third kappa shape index (κ3) is 72.9. The summed E-state index contributed by atoms with van der Waals surface area (Å²) in [4.78, 5) is 35.9. The number of hydrogen-bond donors (Lipinski definition) is 1. The Balaban J connectivity index is 4.04. The molecule has 1 N–H and O–H groups in total. The van der Waals surface area contributed by atoms with Gasteiger partial charge in [-0.15, -0.1) is 0 Å². The molecule has 2 unspecified atom stereocenters. The molecule has 9 nitrogen and oxygen atoms in total. The molecule has 0 aromatic carbocycles. The molecule has 0 aliphatic carbocycles. The molecule has 0 aliphatic rings. The lowest BCUT2D eigenvalue weighted by Crippen LogP contribution is -2.37. The number of ether oxygens (including phenoxy) is 2. The molecule has 0 spiro atoms. The van der Waals surface area contributed by atoms with Crippen molar-refractivity contribution in [2.75, 3.05) is 47.5 Å². The van der Waals surface area contributed by atoms with Gasteiger partial charge in [0.25, 0.3) is 0 Å². The summed E-state index contributed by atoms with van der Waals surface area (Å²) < 4.78 is 34.8. The molecule has 90 heavy (non-hydrogen) atoms. The summed E-state index contributed by atoms with van der Waals surface area (Å²) in [7, 11) is 1.47. The van der Waals surface area contributed by atoms with Gasteiger partial charge in [0.15, 0.2) is 6.10 Å². The predicted octanol–water partition coefficient (Wildman–Crippen LogP) is 24.2. The Hall–Kier alpha value is -4.11. The van der Waals surface area contributed by atoms with Crippen LogP contribution in [0.3, 0.4) is 0 Å². The molecule has 0 heterocycles. The van der Waals surface area contributed by atoms with Crippen LogP contribution in [0.25, 0.3) is 0 Å². The van der Waals surface area contributed by atoms with Crippen molar-refractivity contribution in [3.63, 3.8) is 0 Å². The monoisotopic (exact) mass is 1270 g/mol. The van der Waals surface area contributed by atoms with Gasteiger partial charge in [-0.05, 0) is 116 Å². The van der Waals surface area contributed by atoms with Crippen molar-refractivity contribution < 1.29 is 42.1 Å². The summed E-state index contributed by atoms with van der Waals surface area (Å²) in [6.07, 6.45) is 102. The molecule has 0 bridgehead atoms. The molecule has 0 saturated carbocycles. The van der Waals surface area contributed by atoms with Gasteiger partial charge in [-0.25, -0.2) is 4.57 Å². The Morgan fingerprint density at radius 3 is 0.889 bits per heavy atom. The van der Waals surface area contributed by atoms with E-state index < -0.39 is 26.5 Å². The molecule has 0 fully saturated rings. The molecule has 0 amide bonds. The van der Waals surface area contributed by atoms with Crippen LogP contribution in [0.5, 0.6) is 0 Å². The first kappa shape index (κ1) is 85.9. The minimum absolute atomic E-state index is 0.0259. The van der Waals surface area contributed by atoms with Gasteiger partial charge < -0.3 is 18.9 Å². The van der Waals surface area contributed by atoms with Crippen molar-refractivity contribution in [3.8, 4) is 0 Å². The van der Waals surface area contributed by atoms with Crippen LogP contribution >= 0.6 is 7.82 Å². The minimum atomic E-state index is -4.40. The highest BCUT2D eigenvalue weighted by molar-refractivity contribution is 7.47. The van der Waals surface area contributed by atoms with Crippen LogP contribution < -0.4 is 0 Å². The van der Waals surface area contributed by atoms with Gasteiger partial charge in [-0.2, -0.15) is 0 Å². The fraction of sp³-hybridized carbons (Fsp3) is 0.675. The number of likely N-dealkylation sites (N-methyl/N-ethyl adjacent to an activating group) is 1. The van der Waals surface area contributed by atoms with Crippen LogP contribution in [0.15, 0.2) is 146 Å². The van der Waals surface area contributed by atoms with E-state index in [0.717, 1.165) is 128 Å². The van der Waals surface area contributed by atoms with Crippen molar-refractivity contribution in [2.24, 2.45) is 0 Å². The van der Waals surface area contributed by atoms with Crippen LogP contribution in [-0.2, 0) is 32.7 Å². The van der Waals surface area contributed by atoms with E-state index in [-0.39, 0.29) is 32.0 Å². The number of nitrogens with zero attached hydrogens (tertiary/aromatic N) is 1. The third-order valence-electron chi connectivity index (χ3n) is 15.4. The lowest BCUT2D eigenvalue weighted by atomic mass is 10.0. The largest absolute Gasteiger partial charge is 0.472 e. The molecular weight excluding hydrogens is 1130 g/mol. The number of phosphoric ester groups is 1. The third-order valence-corrected chi connectivity index (χ3v) is 16.3. The molecule has 0 aromatic heterocycles. The number of unbranched alkanes of at least 4 members (excludes halogenated alkanes) is 28. The van der Waals surface area contributed by atoms with Gasteiger partial charge in [0.1, 0.15) is 19.8 Å². The average molecular weight is 1270 g/mol. The highest BCUT2D eigenvalue weighted by atomic mass is 31.2. The van der Waals surface area contributed by atoms with Gasteiger partial charge in [0.05, 0.1) is 27.7 Å². The van der Waals surface area contributed by atoms with Gasteiger partial charge in [-0.1, -0.05) is 314 Å². The van der Waals surface area contributed by atoms with E-state index in [4.69, 9.17) is 18.5 Å². The molecule has 0 aromatic rings. The maximum Gasteiger partial charge on any atom is 0.472 e. The molecule has 0 rings (SSSR count).